The maximum Gasteiger partial charge on any atom is 0.159 e. The SMILES string of the molecule is CCCCC[C@@H](C#C[C@@H]1C2CC(=O)C[C@@]2(CO)C[C@H]1OC1CCCCO1)OC1CCCCO1. The number of Topliss-reactive ketones (excluding diaryl/α,β-unsaturated/α-hetero) is 1. The van der Waals surface area contributed by atoms with Crippen LogP contribution in [-0.4, -0.2) is 55.5 Å². The van der Waals surface area contributed by atoms with Gasteiger partial charge in [0.25, 0.3) is 0 Å². The van der Waals surface area contributed by atoms with E-state index in [1.807, 2.05) is 0 Å². The molecule has 0 amide bonds. The molecule has 4 fully saturated rings. The van der Waals surface area contributed by atoms with Gasteiger partial charge in [-0.1, -0.05) is 31.6 Å². The Morgan fingerprint density at radius 3 is 2.55 bits per heavy atom. The van der Waals surface area contributed by atoms with Crippen molar-refractivity contribution in [1.29, 1.82) is 0 Å². The predicted octanol–water partition coefficient (Wildman–Crippen LogP) is 4.37. The van der Waals surface area contributed by atoms with Crippen molar-refractivity contribution in [3.05, 3.63) is 0 Å². The highest BCUT2D eigenvalue weighted by Crippen LogP contribution is 2.56. The van der Waals surface area contributed by atoms with Crippen LogP contribution in [0.2, 0.25) is 0 Å². The molecule has 3 unspecified atom stereocenters. The van der Waals surface area contributed by atoms with Crippen LogP contribution in [0.1, 0.15) is 90.4 Å². The average molecular weight is 463 g/mol. The smallest absolute Gasteiger partial charge is 0.159 e. The van der Waals surface area contributed by atoms with Crippen molar-refractivity contribution in [3.8, 4) is 11.8 Å². The number of hydrogen-bond acceptors (Lipinski definition) is 6. The van der Waals surface area contributed by atoms with Gasteiger partial charge in [-0.2, -0.15) is 0 Å². The number of ketones is 1. The summed E-state index contributed by atoms with van der Waals surface area (Å²) >= 11 is 0. The Labute approximate surface area is 199 Å². The van der Waals surface area contributed by atoms with Crippen molar-refractivity contribution in [2.24, 2.45) is 17.3 Å². The molecular formula is C27H42O6. The zero-order valence-corrected chi connectivity index (χ0v) is 20.3. The molecule has 2 heterocycles. The Morgan fingerprint density at radius 2 is 1.88 bits per heavy atom. The van der Waals surface area contributed by atoms with Gasteiger partial charge in [-0.3, -0.25) is 4.79 Å². The van der Waals surface area contributed by atoms with Gasteiger partial charge in [-0.05, 0) is 63.7 Å². The Hall–Kier alpha value is -0.970. The second-order valence-corrected chi connectivity index (χ2v) is 10.5. The Bertz CT molecular complexity index is 686. The van der Waals surface area contributed by atoms with Gasteiger partial charge in [0.05, 0.1) is 12.0 Å². The van der Waals surface area contributed by atoms with E-state index in [4.69, 9.17) is 18.9 Å². The van der Waals surface area contributed by atoms with Crippen molar-refractivity contribution in [3.63, 3.8) is 0 Å². The van der Waals surface area contributed by atoms with E-state index in [-0.39, 0.29) is 49.0 Å². The molecule has 4 aliphatic rings. The van der Waals surface area contributed by atoms with E-state index in [1.165, 1.54) is 0 Å². The van der Waals surface area contributed by atoms with E-state index in [0.29, 0.717) is 19.3 Å². The monoisotopic (exact) mass is 462 g/mol. The van der Waals surface area contributed by atoms with Gasteiger partial charge in [0, 0.05) is 38.1 Å². The zero-order chi connectivity index (χ0) is 23.1. The topological polar surface area (TPSA) is 74.2 Å². The first-order chi connectivity index (χ1) is 16.1. The summed E-state index contributed by atoms with van der Waals surface area (Å²) in [7, 11) is 0. The van der Waals surface area contributed by atoms with Gasteiger partial charge in [0.15, 0.2) is 12.6 Å². The van der Waals surface area contributed by atoms with Gasteiger partial charge in [-0.25, -0.2) is 0 Å². The number of fused-ring (bicyclic) bond motifs is 1. The number of aliphatic hydroxyl groups excluding tert-OH is 1. The van der Waals surface area contributed by atoms with Crippen LogP contribution in [0.25, 0.3) is 0 Å². The minimum absolute atomic E-state index is 0.0132. The summed E-state index contributed by atoms with van der Waals surface area (Å²) in [5, 5.41) is 10.3. The first-order valence-corrected chi connectivity index (χ1v) is 13.3. The highest BCUT2D eigenvalue weighted by Gasteiger charge is 2.58. The molecule has 33 heavy (non-hydrogen) atoms. The number of unbranched alkanes of at least 4 members (excludes halogenated alkanes) is 2. The van der Waals surface area contributed by atoms with E-state index in [1.54, 1.807) is 0 Å². The largest absolute Gasteiger partial charge is 0.396 e. The summed E-state index contributed by atoms with van der Waals surface area (Å²) in [5.41, 5.74) is -0.402. The zero-order valence-electron chi connectivity index (χ0n) is 20.3. The van der Waals surface area contributed by atoms with E-state index < -0.39 is 5.41 Å². The normalized spacial score (nSPS) is 37.4. The number of ether oxygens (including phenoxy) is 4. The minimum atomic E-state index is -0.402. The van der Waals surface area contributed by atoms with Crippen LogP contribution in [0, 0.1) is 29.1 Å². The maximum atomic E-state index is 12.4. The quantitative estimate of drug-likeness (QED) is 0.405. The third-order valence-electron chi connectivity index (χ3n) is 7.94. The van der Waals surface area contributed by atoms with E-state index in [0.717, 1.165) is 77.4 Å². The standard InChI is InChI=1S/C27H42O6/c1-2-3-4-9-21(32-25-10-5-7-14-30-25)12-13-22-23-16-20(29)17-27(23,19-28)18-24(22)33-26-11-6-8-15-31-26/h21-26,28H,2-11,14-19H2,1H3/t21-,22+,23?,24+,25?,26?,27-/m0/s1. The van der Waals surface area contributed by atoms with Crippen molar-refractivity contribution in [2.45, 2.75) is 115 Å². The molecule has 186 valence electrons. The Morgan fingerprint density at radius 1 is 1.12 bits per heavy atom. The van der Waals surface area contributed by atoms with Crippen LogP contribution in [0.4, 0.5) is 0 Å². The third kappa shape index (κ3) is 6.38. The number of carbonyl (C=O) groups excluding carboxylic acids is 1. The van der Waals surface area contributed by atoms with E-state index in [9.17, 15) is 9.90 Å². The lowest BCUT2D eigenvalue weighted by Gasteiger charge is -2.28. The summed E-state index contributed by atoms with van der Waals surface area (Å²) in [4.78, 5) is 12.4. The van der Waals surface area contributed by atoms with Crippen LogP contribution in [0.5, 0.6) is 0 Å². The first-order valence-electron chi connectivity index (χ1n) is 13.3. The molecule has 0 bridgehead atoms. The average Bonchev–Trinajstić information content (AvgIpc) is 3.29. The summed E-state index contributed by atoms with van der Waals surface area (Å²) < 4.78 is 24.4. The molecule has 1 N–H and O–H groups in total. The fourth-order valence-corrected chi connectivity index (χ4v) is 6.10. The number of aliphatic hydroxyl groups is 1. The van der Waals surface area contributed by atoms with Gasteiger partial charge in [0.1, 0.15) is 11.9 Å². The van der Waals surface area contributed by atoms with E-state index in [2.05, 4.69) is 18.8 Å². The number of carbonyl (C=O) groups is 1. The summed E-state index contributed by atoms with van der Waals surface area (Å²) in [5.74, 6) is 7.14. The number of rotatable bonds is 9. The molecule has 7 atom stereocenters. The lowest BCUT2D eigenvalue weighted by molar-refractivity contribution is -0.193. The summed E-state index contributed by atoms with van der Waals surface area (Å²) in [6.45, 7) is 3.70. The third-order valence-corrected chi connectivity index (χ3v) is 7.94. The van der Waals surface area contributed by atoms with Gasteiger partial charge in [-0.15, -0.1) is 0 Å². The van der Waals surface area contributed by atoms with Gasteiger partial charge < -0.3 is 24.1 Å². The van der Waals surface area contributed by atoms with Crippen LogP contribution >= 0.6 is 0 Å². The molecule has 0 aromatic heterocycles. The molecule has 2 saturated carbocycles. The predicted molar refractivity (Wildman–Crippen MR) is 124 cm³/mol. The fourth-order valence-electron chi connectivity index (χ4n) is 6.10. The highest BCUT2D eigenvalue weighted by molar-refractivity contribution is 5.82. The summed E-state index contributed by atoms with van der Waals surface area (Å²) in [6.07, 6.45) is 11.4. The second-order valence-electron chi connectivity index (χ2n) is 10.5. The van der Waals surface area contributed by atoms with Crippen LogP contribution < -0.4 is 0 Å². The molecule has 2 aliphatic carbocycles. The molecule has 6 heteroatoms. The Balaban J connectivity index is 1.50. The Kier molecular flexibility index (Phi) is 9.24. The summed E-state index contributed by atoms with van der Waals surface area (Å²) in [6, 6.07) is 0. The lowest BCUT2D eigenvalue weighted by Crippen LogP contribution is -2.31. The molecule has 0 radical (unpaired) electrons. The number of hydrogen-bond donors (Lipinski definition) is 1. The molecule has 0 aromatic carbocycles. The van der Waals surface area contributed by atoms with Crippen LogP contribution in [-0.2, 0) is 23.7 Å². The molecule has 4 rings (SSSR count). The second kappa shape index (κ2) is 12.1. The lowest BCUT2D eigenvalue weighted by atomic mass is 9.79. The molecule has 0 aromatic rings. The molecule has 0 spiro atoms. The first kappa shape index (κ1) is 25.1. The van der Waals surface area contributed by atoms with Gasteiger partial charge in [0.2, 0.25) is 0 Å². The van der Waals surface area contributed by atoms with Crippen molar-refractivity contribution >= 4 is 5.78 Å². The van der Waals surface area contributed by atoms with Crippen molar-refractivity contribution < 1.29 is 28.8 Å². The molecular weight excluding hydrogens is 420 g/mol. The van der Waals surface area contributed by atoms with E-state index >= 15 is 0 Å². The van der Waals surface area contributed by atoms with Crippen LogP contribution in [0.15, 0.2) is 0 Å². The van der Waals surface area contributed by atoms with Crippen molar-refractivity contribution in [1.82, 2.24) is 0 Å². The van der Waals surface area contributed by atoms with Crippen molar-refractivity contribution in [2.75, 3.05) is 19.8 Å². The van der Waals surface area contributed by atoms with Crippen LogP contribution in [0.3, 0.4) is 0 Å². The molecule has 6 nitrogen and oxygen atoms in total. The molecule has 2 aliphatic heterocycles. The molecule has 2 saturated heterocycles. The maximum absolute atomic E-state index is 12.4. The fraction of sp³-hybridized carbons (Fsp3) is 0.889. The minimum Gasteiger partial charge on any atom is -0.396 e. The van der Waals surface area contributed by atoms with Gasteiger partial charge >= 0.3 is 0 Å². The highest BCUT2D eigenvalue weighted by atomic mass is 16.7.